The van der Waals surface area contributed by atoms with Gasteiger partial charge in [-0.15, -0.1) is 11.3 Å². The number of thiophene rings is 1. The number of rotatable bonds is 5. The average Bonchev–Trinajstić information content (AvgIpc) is 3.61. The topological polar surface area (TPSA) is 96.6 Å². The minimum absolute atomic E-state index is 0.0774. The molecule has 0 unspecified atom stereocenters. The van der Waals surface area contributed by atoms with Crippen molar-refractivity contribution in [1.29, 1.82) is 0 Å². The highest BCUT2D eigenvalue weighted by atomic mass is 32.2. The molecule has 2 fully saturated rings. The van der Waals surface area contributed by atoms with Crippen LogP contribution in [0, 0.1) is 0 Å². The van der Waals surface area contributed by atoms with Crippen molar-refractivity contribution in [3.8, 4) is 11.4 Å². The van der Waals surface area contributed by atoms with Crippen molar-refractivity contribution in [3.05, 3.63) is 52.5 Å². The molecule has 1 aromatic carbocycles. The molecule has 0 atom stereocenters. The largest absolute Gasteiger partial charge is 0.339 e. The van der Waals surface area contributed by atoms with E-state index in [-0.39, 0.29) is 16.7 Å². The second-order valence-electron chi connectivity index (χ2n) is 8.14. The summed E-state index contributed by atoms with van der Waals surface area (Å²) in [6, 6.07) is 10.4. The van der Waals surface area contributed by atoms with E-state index in [1.165, 1.54) is 15.6 Å². The van der Waals surface area contributed by atoms with E-state index in [0.717, 1.165) is 30.6 Å². The van der Waals surface area contributed by atoms with Gasteiger partial charge in [0.05, 0.1) is 9.77 Å². The van der Waals surface area contributed by atoms with E-state index < -0.39 is 10.0 Å². The van der Waals surface area contributed by atoms with Crippen LogP contribution in [0.15, 0.2) is 51.2 Å². The van der Waals surface area contributed by atoms with E-state index in [2.05, 4.69) is 10.1 Å². The van der Waals surface area contributed by atoms with Crippen molar-refractivity contribution in [2.45, 2.75) is 36.5 Å². The molecule has 2 aliphatic heterocycles. The maximum atomic E-state index is 12.7. The first-order valence-corrected chi connectivity index (χ1v) is 13.1. The molecule has 4 heterocycles. The molecular formula is C22H24N4O4S2. The van der Waals surface area contributed by atoms with Crippen LogP contribution in [-0.2, 0) is 10.0 Å². The number of likely N-dealkylation sites (tertiary alicyclic amines) is 1. The maximum absolute atomic E-state index is 12.7. The molecule has 2 saturated heterocycles. The summed E-state index contributed by atoms with van der Waals surface area (Å²) in [7, 11) is -3.44. The molecule has 0 radical (unpaired) electrons. The maximum Gasteiger partial charge on any atom is 0.263 e. The van der Waals surface area contributed by atoms with E-state index >= 15 is 0 Å². The Balaban J connectivity index is 1.24. The molecule has 8 nitrogen and oxygen atoms in total. The van der Waals surface area contributed by atoms with Crippen molar-refractivity contribution in [2.75, 3.05) is 26.2 Å². The summed E-state index contributed by atoms with van der Waals surface area (Å²) in [5.41, 5.74) is 0.714. The van der Waals surface area contributed by atoms with Crippen LogP contribution in [0.3, 0.4) is 0 Å². The first-order valence-electron chi connectivity index (χ1n) is 10.8. The number of benzene rings is 1. The van der Waals surface area contributed by atoms with Gasteiger partial charge in [-0.25, -0.2) is 8.42 Å². The zero-order valence-corrected chi connectivity index (χ0v) is 19.1. The van der Waals surface area contributed by atoms with Crippen molar-refractivity contribution in [3.63, 3.8) is 0 Å². The highest BCUT2D eigenvalue weighted by Crippen LogP contribution is 2.30. The number of nitrogens with zero attached hydrogens (tertiary/aromatic N) is 4. The normalized spacial score (nSPS) is 18.3. The SMILES string of the molecule is O=C(c1cccs1)N1CCC(c2nc(-c3ccc(S(=O)(=O)N4CCCC4)cc3)no2)CC1. The molecule has 32 heavy (non-hydrogen) atoms. The molecule has 2 aliphatic rings. The molecule has 10 heteroatoms. The van der Waals surface area contributed by atoms with E-state index in [1.807, 2.05) is 22.4 Å². The highest BCUT2D eigenvalue weighted by Gasteiger charge is 2.29. The molecule has 0 saturated carbocycles. The van der Waals surface area contributed by atoms with Crippen LogP contribution in [0.2, 0.25) is 0 Å². The number of aromatic nitrogens is 2. The summed E-state index contributed by atoms with van der Waals surface area (Å²) < 4.78 is 32.4. The van der Waals surface area contributed by atoms with Gasteiger partial charge in [-0.3, -0.25) is 4.79 Å². The van der Waals surface area contributed by atoms with Crippen LogP contribution in [0.5, 0.6) is 0 Å². The Kier molecular flexibility index (Phi) is 5.83. The molecule has 0 bridgehead atoms. The predicted octanol–water partition coefficient (Wildman–Crippen LogP) is 3.60. The Morgan fingerprint density at radius 1 is 1.03 bits per heavy atom. The number of carbonyl (C=O) groups is 1. The van der Waals surface area contributed by atoms with E-state index in [4.69, 9.17) is 4.52 Å². The molecule has 1 amide bonds. The predicted molar refractivity (Wildman–Crippen MR) is 120 cm³/mol. The second-order valence-corrected chi connectivity index (χ2v) is 11.0. The monoisotopic (exact) mass is 472 g/mol. The third-order valence-corrected chi connectivity index (χ3v) is 8.89. The summed E-state index contributed by atoms with van der Waals surface area (Å²) in [5.74, 6) is 1.20. The van der Waals surface area contributed by atoms with Crippen molar-refractivity contribution in [1.82, 2.24) is 19.3 Å². The fourth-order valence-corrected chi connectivity index (χ4v) is 6.47. The van der Waals surface area contributed by atoms with Crippen LogP contribution in [-0.4, -0.2) is 59.8 Å². The van der Waals surface area contributed by atoms with Crippen LogP contribution in [0.1, 0.15) is 47.2 Å². The molecule has 3 aromatic rings. The first kappa shape index (κ1) is 21.3. The zero-order chi connectivity index (χ0) is 22.1. The van der Waals surface area contributed by atoms with E-state index in [1.54, 1.807) is 24.3 Å². The third-order valence-electron chi connectivity index (χ3n) is 6.12. The Bertz CT molecular complexity index is 1180. The summed E-state index contributed by atoms with van der Waals surface area (Å²) in [6.07, 6.45) is 3.35. The second kappa shape index (κ2) is 8.76. The highest BCUT2D eigenvalue weighted by molar-refractivity contribution is 7.89. The van der Waals surface area contributed by atoms with Crippen molar-refractivity contribution in [2.24, 2.45) is 0 Å². The number of hydrogen-bond donors (Lipinski definition) is 0. The lowest BCUT2D eigenvalue weighted by Crippen LogP contribution is -2.37. The van der Waals surface area contributed by atoms with Crippen LogP contribution >= 0.6 is 11.3 Å². The van der Waals surface area contributed by atoms with Gasteiger partial charge in [0, 0.05) is 37.7 Å². The minimum atomic E-state index is -3.44. The Morgan fingerprint density at radius 2 is 1.75 bits per heavy atom. The van der Waals surface area contributed by atoms with Gasteiger partial charge in [0.2, 0.25) is 21.7 Å². The lowest BCUT2D eigenvalue weighted by molar-refractivity contribution is 0.0709. The van der Waals surface area contributed by atoms with Gasteiger partial charge < -0.3 is 9.42 Å². The van der Waals surface area contributed by atoms with Gasteiger partial charge >= 0.3 is 0 Å². The van der Waals surface area contributed by atoms with Crippen molar-refractivity contribution < 1.29 is 17.7 Å². The van der Waals surface area contributed by atoms with Gasteiger partial charge in [0.15, 0.2) is 0 Å². The minimum Gasteiger partial charge on any atom is -0.339 e. The van der Waals surface area contributed by atoms with Crippen LogP contribution in [0.25, 0.3) is 11.4 Å². The Labute approximate surface area is 190 Å². The summed E-state index contributed by atoms with van der Waals surface area (Å²) >= 11 is 1.46. The standard InChI is InChI=1S/C22H24N4O4S2/c27-22(19-4-3-15-31-19)25-13-9-17(10-14-25)21-23-20(24-30-21)16-5-7-18(8-6-16)32(28,29)26-11-1-2-12-26/h3-8,15,17H,1-2,9-14H2. The molecular weight excluding hydrogens is 448 g/mol. The van der Waals surface area contributed by atoms with Gasteiger partial charge in [-0.05, 0) is 61.4 Å². The quantitative estimate of drug-likeness (QED) is 0.563. The van der Waals surface area contributed by atoms with Gasteiger partial charge in [0.1, 0.15) is 0 Å². The third kappa shape index (κ3) is 4.10. The number of carbonyl (C=O) groups excluding carboxylic acids is 1. The molecule has 0 spiro atoms. The fraction of sp³-hybridized carbons (Fsp3) is 0.409. The van der Waals surface area contributed by atoms with Crippen LogP contribution < -0.4 is 0 Å². The first-order chi connectivity index (χ1) is 15.5. The Hall–Kier alpha value is -2.56. The molecule has 0 N–H and O–H groups in total. The van der Waals surface area contributed by atoms with Gasteiger partial charge in [0.25, 0.3) is 5.91 Å². The molecule has 2 aromatic heterocycles. The lowest BCUT2D eigenvalue weighted by Gasteiger charge is -2.30. The van der Waals surface area contributed by atoms with E-state index in [9.17, 15) is 13.2 Å². The lowest BCUT2D eigenvalue weighted by atomic mass is 9.96. The van der Waals surface area contributed by atoms with Crippen molar-refractivity contribution >= 4 is 27.3 Å². The zero-order valence-electron chi connectivity index (χ0n) is 17.5. The Morgan fingerprint density at radius 3 is 2.41 bits per heavy atom. The number of hydrogen-bond acceptors (Lipinski definition) is 7. The molecule has 0 aliphatic carbocycles. The molecule has 168 valence electrons. The van der Waals surface area contributed by atoms with Gasteiger partial charge in [-0.1, -0.05) is 11.2 Å². The summed E-state index contributed by atoms with van der Waals surface area (Å²) in [5, 5.41) is 6.01. The smallest absolute Gasteiger partial charge is 0.263 e. The molecule has 5 rings (SSSR count). The van der Waals surface area contributed by atoms with E-state index in [0.29, 0.717) is 43.5 Å². The number of sulfonamides is 1. The summed E-state index contributed by atoms with van der Waals surface area (Å²) in [6.45, 7) is 2.47. The fourth-order valence-electron chi connectivity index (χ4n) is 4.26. The van der Waals surface area contributed by atoms with Crippen LogP contribution in [0.4, 0.5) is 0 Å². The summed E-state index contributed by atoms with van der Waals surface area (Å²) in [4.78, 5) is 20.0. The average molecular weight is 473 g/mol. The van der Waals surface area contributed by atoms with Gasteiger partial charge in [-0.2, -0.15) is 9.29 Å². The number of amides is 1. The number of piperidine rings is 1.